The molecular formula is C27H35N3O5. The van der Waals surface area contributed by atoms with Gasteiger partial charge in [-0.15, -0.1) is 0 Å². The Morgan fingerprint density at radius 1 is 1.06 bits per heavy atom. The highest BCUT2D eigenvalue weighted by Crippen LogP contribution is 2.18. The summed E-state index contributed by atoms with van der Waals surface area (Å²) >= 11 is 0. The van der Waals surface area contributed by atoms with E-state index >= 15 is 0 Å². The fourth-order valence-electron chi connectivity index (χ4n) is 3.83. The summed E-state index contributed by atoms with van der Waals surface area (Å²) in [6, 6.07) is 15.4. The van der Waals surface area contributed by atoms with Crippen molar-refractivity contribution in [3.8, 4) is 5.75 Å². The highest BCUT2D eigenvalue weighted by atomic mass is 16.5. The molecule has 188 valence electrons. The summed E-state index contributed by atoms with van der Waals surface area (Å²) < 4.78 is 11.2. The summed E-state index contributed by atoms with van der Waals surface area (Å²) in [5, 5.41) is 8.61. The maximum atomic E-state index is 13.0. The van der Waals surface area contributed by atoms with Crippen molar-refractivity contribution in [2.75, 3.05) is 19.8 Å². The average Bonchev–Trinajstić information content (AvgIpc) is 3.42. The van der Waals surface area contributed by atoms with Gasteiger partial charge in [0.2, 0.25) is 5.91 Å². The van der Waals surface area contributed by atoms with Crippen LogP contribution in [-0.2, 0) is 20.9 Å². The molecule has 0 aromatic heterocycles. The second kappa shape index (κ2) is 13.5. The zero-order valence-corrected chi connectivity index (χ0v) is 20.4. The van der Waals surface area contributed by atoms with E-state index in [-0.39, 0.29) is 42.9 Å². The third-order valence-electron chi connectivity index (χ3n) is 6.15. The molecule has 0 spiro atoms. The van der Waals surface area contributed by atoms with Crippen molar-refractivity contribution in [1.29, 1.82) is 0 Å². The standard InChI is InChI=1S/C27H35N3O5/c1-3-19(2)25(30-26(32)20-10-5-4-6-11-20)27(33)29-16-21-12-7-8-14-23(21)35-18-24(31)28-17-22-13-9-15-34-22/h4-8,10-12,14,19,22,25H,3,9,13,15-18H2,1-2H3,(H,28,31)(H,29,33)(H,30,32)/t19-,22-,25-/m0/s1. The number of benzene rings is 2. The minimum atomic E-state index is -0.677. The van der Waals surface area contributed by atoms with Gasteiger partial charge in [-0.1, -0.05) is 56.7 Å². The molecule has 3 N–H and O–H groups in total. The van der Waals surface area contributed by atoms with Crippen LogP contribution in [0.25, 0.3) is 0 Å². The molecule has 3 amide bonds. The first kappa shape index (κ1) is 26.2. The van der Waals surface area contributed by atoms with Crippen molar-refractivity contribution in [3.63, 3.8) is 0 Å². The zero-order valence-electron chi connectivity index (χ0n) is 20.4. The van der Waals surface area contributed by atoms with Gasteiger partial charge in [-0.3, -0.25) is 14.4 Å². The predicted octanol–water partition coefficient (Wildman–Crippen LogP) is 2.82. The van der Waals surface area contributed by atoms with Crippen molar-refractivity contribution in [2.24, 2.45) is 5.92 Å². The Kier molecular flexibility index (Phi) is 10.1. The first-order valence-electron chi connectivity index (χ1n) is 12.2. The van der Waals surface area contributed by atoms with Crippen molar-refractivity contribution in [2.45, 2.75) is 51.8 Å². The van der Waals surface area contributed by atoms with Gasteiger partial charge in [0.25, 0.3) is 11.8 Å². The zero-order chi connectivity index (χ0) is 25.0. The highest BCUT2D eigenvalue weighted by molar-refractivity contribution is 5.97. The largest absolute Gasteiger partial charge is 0.483 e. The third kappa shape index (κ3) is 8.10. The van der Waals surface area contributed by atoms with Crippen molar-refractivity contribution < 1.29 is 23.9 Å². The summed E-state index contributed by atoms with van der Waals surface area (Å²) in [6.07, 6.45) is 2.77. The number of ether oxygens (including phenoxy) is 2. The van der Waals surface area contributed by atoms with Crippen LogP contribution < -0.4 is 20.7 Å². The van der Waals surface area contributed by atoms with Gasteiger partial charge < -0.3 is 25.4 Å². The molecule has 2 aromatic rings. The highest BCUT2D eigenvalue weighted by Gasteiger charge is 2.26. The maximum absolute atomic E-state index is 13.0. The Morgan fingerprint density at radius 2 is 1.80 bits per heavy atom. The van der Waals surface area contributed by atoms with E-state index in [1.165, 1.54) is 0 Å². The summed E-state index contributed by atoms with van der Waals surface area (Å²) in [5.41, 5.74) is 1.25. The first-order valence-corrected chi connectivity index (χ1v) is 12.2. The first-order chi connectivity index (χ1) is 17.0. The van der Waals surface area contributed by atoms with Gasteiger partial charge in [-0.2, -0.15) is 0 Å². The number of rotatable bonds is 12. The quantitative estimate of drug-likeness (QED) is 0.432. The van der Waals surface area contributed by atoms with Gasteiger partial charge in [-0.25, -0.2) is 0 Å². The van der Waals surface area contributed by atoms with Crippen LogP contribution in [0.4, 0.5) is 0 Å². The second-order valence-corrected chi connectivity index (χ2v) is 8.76. The van der Waals surface area contributed by atoms with E-state index in [9.17, 15) is 14.4 Å². The molecule has 3 rings (SSSR count). The Hall–Kier alpha value is -3.39. The molecule has 8 nitrogen and oxygen atoms in total. The van der Waals surface area contributed by atoms with Crippen LogP contribution in [0.15, 0.2) is 54.6 Å². The summed E-state index contributed by atoms with van der Waals surface area (Å²) in [7, 11) is 0. The molecule has 1 saturated heterocycles. The molecule has 3 atom stereocenters. The van der Waals surface area contributed by atoms with E-state index in [1.807, 2.05) is 38.1 Å². The molecule has 1 aliphatic heterocycles. The van der Waals surface area contributed by atoms with Crippen LogP contribution in [0.2, 0.25) is 0 Å². The van der Waals surface area contributed by atoms with E-state index in [4.69, 9.17) is 9.47 Å². The van der Waals surface area contributed by atoms with Gasteiger partial charge in [0.05, 0.1) is 6.10 Å². The molecule has 0 bridgehead atoms. The number of hydrogen-bond acceptors (Lipinski definition) is 5. The van der Waals surface area contributed by atoms with Gasteiger partial charge in [-0.05, 0) is 37.0 Å². The van der Waals surface area contributed by atoms with Gasteiger partial charge in [0.1, 0.15) is 11.8 Å². The summed E-state index contributed by atoms with van der Waals surface area (Å²) in [5.74, 6) is -0.313. The van der Waals surface area contributed by atoms with E-state index in [0.717, 1.165) is 31.4 Å². The molecular weight excluding hydrogens is 446 g/mol. The lowest BCUT2D eigenvalue weighted by Gasteiger charge is -2.24. The molecule has 8 heteroatoms. The number of hydrogen-bond donors (Lipinski definition) is 3. The topological polar surface area (TPSA) is 106 Å². The Morgan fingerprint density at radius 3 is 2.51 bits per heavy atom. The fourth-order valence-corrected chi connectivity index (χ4v) is 3.83. The van der Waals surface area contributed by atoms with Gasteiger partial charge in [0.15, 0.2) is 6.61 Å². The molecule has 35 heavy (non-hydrogen) atoms. The Labute approximate surface area is 206 Å². The molecule has 1 heterocycles. The minimum Gasteiger partial charge on any atom is -0.483 e. The molecule has 0 radical (unpaired) electrons. The number of nitrogens with one attached hydrogen (secondary N) is 3. The summed E-state index contributed by atoms with van der Waals surface area (Å²) in [6.45, 7) is 5.21. The second-order valence-electron chi connectivity index (χ2n) is 8.76. The lowest BCUT2D eigenvalue weighted by molar-refractivity contribution is -0.125. The Balaban J connectivity index is 1.54. The van der Waals surface area contributed by atoms with E-state index in [0.29, 0.717) is 17.9 Å². The monoisotopic (exact) mass is 481 g/mol. The van der Waals surface area contributed by atoms with Crippen LogP contribution >= 0.6 is 0 Å². The fraction of sp³-hybridized carbons (Fsp3) is 0.444. The maximum Gasteiger partial charge on any atom is 0.258 e. The summed E-state index contributed by atoms with van der Waals surface area (Å²) in [4.78, 5) is 37.8. The Bertz CT molecular complexity index is 976. The van der Waals surface area contributed by atoms with Crippen molar-refractivity contribution in [3.05, 3.63) is 65.7 Å². The lowest BCUT2D eigenvalue weighted by atomic mass is 9.97. The predicted molar refractivity (Wildman–Crippen MR) is 133 cm³/mol. The molecule has 0 aliphatic carbocycles. The molecule has 1 fully saturated rings. The minimum absolute atomic E-state index is 0.0540. The SMILES string of the molecule is CC[C@H](C)[C@H](NC(=O)c1ccccc1)C(=O)NCc1ccccc1OCC(=O)NC[C@@H]1CCCO1. The van der Waals surface area contributed by atoms with E-state index < -0.39 is 6.04 Å². The van der Waals surface area contributed by atoms with Crippen LogP contribution in [0.3, 0.4) is 0 Å². The number of carbonyl (C=O) groups excluding carboxylic acids is 3. The number of carbonyl (C=O) groups is 3. The third-order valence-corrected chi connectivity index (χ3v) is 6.15. The number of para-hydroxylation sites is 1. The lowest BCUT2D eigenvalue weighted by Crippen LogP contribution is -2.50. The van der Waals surface area contributed by atoms with Crippen LogP contribution in [0.1, 0.15) is 49.0 Å². The average molecular weight is 482 g/mol. The molecule has 0 unspecified atom stereocenters. The van der Waals surface area contributed by atoms with E-state index in [2.05, 4.69) is 16.0 Å². The van der Waals surface area contributed by atoms with Crippen LogP contribution in [0, 0.1) is 5.92 Å². The molecule has 0 saturated carbocycles. The molecule has 1 aliphatic rings. The number of amides is 3. The molecule has 2 aromatic carbocycles. The van der Waals surface area contributed by atoms with Crippen molar-refractivity contribution in [1.82, 2.24) is 16.0 Å². The smallest absolute Gasteiger partial charge is 0.258 e. The van der Waals surface area contributed by atoms with E-state index in [1.54, 1.807) is 30.3 Å². The van der Waals surface area contributed by atoms with Gasteiger partial charge in [0, 0.05) is 30.8 Å². The van der Waals surface area contributed by atoms with Crippen molar-refractivity contribution >= 4 is 17.7 Å². The van der Waals surface area contributed by atoms with Gasteiger partial charge >= 0.3 is 0 Å². The van der Waals surface area contributed by atoms with Crippen LogP contribution in [-0.4, -0.2) is 49.6 Å². The normalized spacial score (nSPS) is 16.7. The van der Waals surface area contributed by atoms with Crippen LogP contribution in [0.5, 0.6) is 5.75 Å².